The number of amides is 3. The number of fused-ring (bicyclic) bond motifs is 1. The average molecular weight is 513 g/mol. The lowest BCUT2D eigenvalue weighted by atomic mass is 9.97. The van der Waals surface area contributed by atoms with Gasteiger partial charge in [-0.25, -0.2) is 4.79 Å². The van der Waals surface area contributed by atoms with Gasteiger partial charge in [-0.1, -0.05) is 26.0 Å². The minimum atomic E-state index is -0.822. The molecule has 1 aliphatic rings. The number of carbonyl (C=O) groups excluding carboxylic acids is 4. The summed E-state index contributed by atoms with van der Waals surface area (Å²) in [5.41, 5.74) is 1.05. The fraction of sp³-hybridized carbons (Fsp3) is 0.481. The van der Waals surface area contributed by atoms with Crippen LogP contribution in [-0.4, -0.2) is 61.0 Å². The second-order valence-electron chi connectivity index (χ2n) is 9.50. The molecular weight excluding hydrogens is 476 g/mol. The van der Waals surface area contributed by atoms with Gasteiger partial charge in [-0.15, -0.1) is 0 Å². The van der Waals surface area contributed by atoms with Gasteiger partial charge in [-0.2, -0.15) is 0 Å². The second kappa shape index (κ2) is 12.9. The van der Waals surface area contributed by atoms with Gasteiger partial charge in [0.25, 0.3) is 5.91 Å². The number of H-pyrrole nitrogens is 1. The van der Waals surface area contributed by atoms with E-state index in [-0.39, 0.29) is 24.3 Å². The zero-order valence-electron chi connectivity index (χ0n) is 21.8. The van der Waals surface area contributed by atoms with Crippen molar-refractivity contribution in [3.63, 3.8) is 0 Å². The number of rotatable bonds is 12. The Kier molecular flexibility index (Phi) is 9.71. The number of aromatic nitrogens is 1. The highest BCUT2D eigenvalue weighted by Gasteiger charge is 2.30. The van der Waals surface area contributed by atoms with Crippen LogP contribution >= 0.6 is 0 Å². The summed E-state index contributed by atoms with van der Waals surface area (Å²) >= 11 is 0. The van der Waals surface area contributed by atoms with Crippen molar-refractivity contribution in [1.29, 1.82) is 0 Å². The Hall–Kier alpha value is -3.82. The van der Waals surface area contributed by atoms with Gasteiger partial charge in [0.1, 0.15) is 17.5 Å². The van der Waals surface area contributed by atoms with Crippen LogP contribution in [0.2, 0.25) is 0 Å². The van der Waals surface area contributed by atoms with Gasteiger partial charge >= 0.3 is 5.97 Å². The van der Waals surface area contributed by atoms with E-state index in [1.807, 2.05) is 26.0 Å². The highest BCUT2D eigenvalue weighted by Crippen LogP contribution is 2.26. The van der Waals surface area contributed by atoms with E-state index in [1.54, 1.807) is 32.2 Å². The molecule has 3 unspecified atom stereocenters. The van der Waals surface area contributed by atoms with Gasteiger partial charge in [0.2, 0.25) is 11.8 Å². The number of esters is 1. The molecule has 1 aliphatic heterocycles. The predicted octanol–water partition coefficient (Wildman–Crippen LogP) is 2.45. The molecule has 200 valence electrons. The standard InChI is InChI=1S/C27H36N4O6/c1-5-37-24(32)10-9-18(14-17-11-12-28-25(17)33)29-26(34)21(13-16(2)3)31-27(35)22-15-19-20(30-22)7-6-8-23(19)36-4/h6-10,15-18,21,30H,5,11-14H2,1-4H3,(H,28,33)(H,29,34)(H,31,35). The zero-order chi connectivity index (χ0) is 26.9. The molecule has 1 aromatic carbocycles. The molecule has 0 aliphatic carbocycles. The van der Waals surface area contributed by atoms with Crippen LogP contribution in [0.4, 0.5) is 0 Å². The Labute approximate surface area is 216 Å². The van der Waals surface area contributed by atoms with Gasteiger partial charge in [0.15, 0.2) is 0 Å². The summed E-state index contributed by atoms with van der Waals surface area (Å²) in [4.78, 5) is 53.5. The van der Waals surface area contributed by atoms with Crippen LogP contribution in [0.3, 0.4) is 0 Å². The highest BCUT2D eigenvalue weighted by atomic mass is 16.5. The number of ether oxygens (including phenoxy) is 2. The molecule has 3 atom stereocenters. The number of nitrogens with one attached hydrogen (secondary N) is 4. The first kappa shape index (κ1) is 27.8. The van der Waals surface area contributed by atoms with E-state index in [2.05, 4.69) is 20.9 Å². The third kappa shape index (κ3) is 7.58. The normalized spacial score (nSPS) is 17.0. The lowest BCUT2D eigenvalue weighted by molar-refractivity contribution is -0.137. The predicted molar refractivity (Wildman–Crippen MR) is 139 cm³/mol. The lowest BCUT2D eigenvalue weighted by Crippen LogP contribution is -2.50. The van der Waals surface area contributed by atoms with Crippen LogP contribution < -0.4 is 20.7 Å². The second-order valence-corrected chi connectivity index (χ2v) is 9.50. The molecule has 1 aromatic heterocycles. The van der Waals surface area contributed by atoms with Gasteiger partial charge in [0.05, 0.1) is 13.7 Å². The molecule has 37 heavy (non-hydrogen) atoms. The molecule has 0 radical (unpaired) electrons. The highest BCUT2D eigenvalue weighted by molar-refractivity contribution is 6.01. The van der Waals surface area contributed by atoms with Gasteiger partial charge in [0, 0.05) is 35.5 Å². The summed E-state index contributed by atoms with van der Waals surface area (Å²) in [6.45, 7) is 6.43. The van der Waals surface area contributed by atoms with E-state index in [4.69, 9.17) is 9.47 Å². The molecule has 2 heterocycles. The van der Waals surface area contributed by atoms with Gasteiger partial charge in [-0.3, -0.25) is 14.4 Å². The van der Waals surface area contributed by atoms with Crippen molar-refractivity contribution in [2.45, 2.75) is 52.1 Å². The van der Waals surface area contributed by atoms with E-state index >= 15 is 0 Å². The van der Waals surface area contributed by atoms with Crippen LogP contribution in [0.5, 0.6) is 5.75 Å². The Morgan fingerprint density at radius 1 is 1.22 bits per heavy atom. The van der Waals surface area contributed by atoms with E-state index < -0.39 is 29.9 Å². The largest absolute Gasteiger partial charge is 0.496 e. The van der Waals surface area contributed by atoms with E-state index in [0.29, 0.717) is 37.3 Å². The molecule has 3 rings (SSSR count). The molecule has 1 saturated heterocycles. The summed E-state index contributed by atoms with van der Waals surface area (Å²) in [5.74, 6) is -0.953. The molecule has 0 saturated carbocycles. The Morgan fingerprint density at radius 3 is 2.65 bits per heavy atom. The quantitative estimate of drug-likeness (QED) is 0.255. The number of hydrogen-bond donors (Lipinski definition) is 4. The van der Waals surface area contributed by atoms with E-state index in [0.717, 1.165) is 10.9 Å². The maximum Gasteiger partial charge on any atom is 0.330 e. The maximum atomic E-state index is 13.3. The fourth-order valence-electron chi connectivity index (χ4n) is 4.40. The third-order valence-corrected chi connectivity index (χ3v) is 6.20. The Balaban J connectivity index is 1.76. The van der Waals surface area contributed by atoms with Crippen molar-refractivity contribution in [1.82, 2.24) is 20.9 Å². The first-order valence-electron chi connectivity index (χ1n) is 12.6. The fourth-order valence-corrected chi connectivity index (χ4v) is 4.40. The molecule has 2 aromatic rings. The van der Waals surface area contributed by atoms with Crippen LogP contribution in [0, 0.1) is 11.8 Å². The SMILES string of the molecule is CCOC(=O)C=CC(CC1CCNC1=O)NC(=O)C(CC(C)C)NC(=O)c1cc2c(OC)cccc2[nH]1. The monoisotopic (exact) mass is 512 g/mol. The molecule has 4 N–H and O–H groups in total. The molecule has 0 bridgehead atoms. The molecule has 0 spiro atoms. The van der Waals surface area contributed by atoms with Gasteiger partial charge < -0.3 is 30.4 Å². The smallest absolute Gasteiger partial charge is 0.330 e. The maximum absolute atomic E-state index is 13.3. The van der Waals surface area contributed by atoms with Crippen molar-refractivity contribution >= 4 is 34.6 Å². The van der Waals surface area contributed by atoms with Crippen LogP contribution in [0.15, 0.2) is 36.4 Å². The molecule has 1 fully saturated rings. The lowest BCUT2D eigenvalue weighted by Gasteiger charge is -2.24. The Morgan fingerprint density at radius 2 is 2.00 bits per heavy atom. The minimum Gasteiger partial charge on any atom is -0.496 e. The van der Waals surface area contributed by atoms with Crippen LogP contribution in [0.1, 0.15) is 50.5 Å². The molecule has 3 amide bonds. The average Bonchev–Trinajstić information content (AvgIpc) is 3.48. The summed E-state index contributed by atoms with van der Waals surface area (Å²) < 4.78 is 10.3. The summed E-state index contributed by atoms with van der Waals surface area (Å²) in [6, 6.07) is 5.75. The van der Waals surface area contributed by atoms with Crippen molar-refractivity contribution in [2.75, 3.05) is 20.3 Å². The number of benzene rings is 1. The summed E-state index contributed by atoms with van der Waals surface area (Å²) in [7, 11) is 1.56. The molecule has 10 nitrogen and oxygen atoms in total. The van der Waals surface area contributed by atoms with E-state index in [9.17, 15) is 19.2 Å². The van der Waals surface area contributed by atoms with Crippen molar-refractivity contribution in [3.8, 4) is 5.75 Å². The Bertz CT molecular complexity index is 1150. The number of aromatic amines is 1. The zero-order valence-corrected chi connectivity index (χ0v) is 21.8. The van der Waals surface area contributed by atoms with Crippen LogP contribution in [0.25, 0.3) is 10.9 Å². The minimum absolute atomic E-state index is 0.0787. The summed E-state index contributed by atoms with van der Waals surface area (Å²) in [5, 5.41) is 9.30. The van der Waals surface area contributed by atoms with Crippen molar-refractivity contribution < 1.29 is 28.7 Å². The topological polar surface area (TPSA) is 139 Å². The van der Waals surface area contributed by atoms with Gasteiger partial charge in [-0.05, 0) is 50.3 Å². The van der Waals surface area contributed by atoms with E-state index in [1.165, 1.54) is 6.08 Å². The third-order valence-electron chi connectivity index (χ3n) is 6.20. The van der Waals surface area contributed by atoms with Crippen molar-refractivity contribution in [2.24, 2.45) is 11.8 Å². The number of carbonyl (C=O) groups is 4. The first-order chi connectivity index (χ1) is 17.7. The van der Waals surface area contributed by atoms with Crippen LogP contribution in [-0.2, 0) is 19.1 Å². The molecule has 10 heteroatoms. The number of hydrogen-bond acceptors (Lipinski definition) is 6. The summed E-state index contributed by atoms with van der Waals surface area (Å²) in [6.07, 6.45) is 4.18. The number of methoxy groups -OCH3 is 1. The molecular formula is C27H36N4O6. The van der Waals surface area contributed by atoms with Crippen molar-refractivity contribution in [3.05, 3.63) is 42.1 Å². The first-order valence-corrected chi connectivity index (χ1v) is 12.6.